The first-order valence-electron chi connectivity index (χ1n) is 10.5. The number of carbonyl (C=O) groups excluding carboxylic acids is 1. The molecule has 6 nitrogen and oxygen atoms in total. The molecule has 0 fully saturated rings. The highest BCUT2D eigenvalue weighted by Crippen LogP contribution is 2.24. The zero-order valence-electron chi connectivity index (χ0n) is 19.0. The summed E-state index contributed by atoms with van der Waals surface area (Å²) in [6, 6.07) is 18.4. The van der Waals surface area contributed by atoms with Crippen molar-refractivity contribution in [2.75, 3.05) is 24.3 Å². The van der Waals surface area contributed by atoms with Crippen LogP contribution in [0.15, 0.2) is 71.3 Å². The van der Waals surface area contributed by atoms with Gasteiger partial charge < -0.3 is 14.6 Å². The number of nitrogens with zero attached hydrogens (tertiary/aromatic N) is 3. The molecular weight excluding hydrogens is 388 g/mol. The van der Waals surface area contributed by atoms with Gasteiger partial charge in [0.25, 0.3) is 5.91 Å². The molecule has 31 heavy (non-hydrogen) atoms. The van der Waals surface area contributed by atoms with Crippen molar-refractivity contribution < 1.29 is 9.21 Å². The Balaban J connectivity index is 0.000000807. The fourth-order valence-electron chi connectivity index (χ4n) is 2.70. The third-order valence-corrected chi connectivity index (χ3v) is 4.20. The molecule has 2 aromatic heterocycles. The molecule has 1 amide bonds. The van der Waals surface area contributed by atoms with Gasteiger partial charge in [-0.3, -0.25) is 4.79 Å². The van der Waals surface area contributed by atoms with Crippen LogP contribution in [0.1, 0.15) is 38.1 Å². The van der Waals surface area contributed by atoms with Crippen molar-refractivity contribution in [2.45, 2.75) is 27.7 Å². The summed E-state index contributed by atoms with van der Waals surface area (Å²) < 4.78 is 5.71. The number of anilines is 2. The van der Waals surface area contributed by atoms with Gasteiger partial charge in [-0.05, 0) is 60.7 Å². The van der Waals surface area contributed by atoms with Gasteiger partial charge in [0.1, 0.15) is 0 Å². The number of rotatable bonds is 4. The maximum Gasteiger partial charge on any atom is 0.255 e. The number of oxazole rings is 1. The van der Waals surface area contributed by atoms with E-state index < -0.39 is 0 Å². The Bertz CT molecular complexity index is 1050. The third kappa shape index (κ3) is 5.92. The van der Waals surface area contributed by atoms with Gasteiger partial charge >= 0.3 is 0 Å². The molecule has 0 radical (unpaired) electrons. The van der Waals surface area contributed by atoms with Crippen molar-refractivity contribution in [2.24, 2.45) is 0 Å². The van der Waals surface area contributed by atoms with Gasteiger partial charge in [0.05, 0.1) is 0 Å². The molecule has 0 bridgehead atoms. The molecule has 4 aromatic rings. The Morgan fingerprint density at radius 2 is 1.55 bits per heavy atom. The largest absolute Gasteiger partial charge is 0.434 e. The number of hydrogen-bond donors (Lipinski definition) is 1. The Kier molecular flexibility index (Phi) is 8.76. The maximum atomic E-state index is 12.4. The second-order valence-corrected chi connectivity index (χ2v) is 6.32. The second-order valence-electron chi connectivity index (χ2n) is 6.32. The van der Waals surface area contributed by atoms with E-state index in [2.05, 4.69) is 15.3 Å². The van der Waals surface area contributed by atoms with Crippen molar-refractivity contribution >= 4 is 28.5 Å². The summed E-state index contributed by atoms with van der Waals surface area (Å²) in [5, 5.41) is 2.90. The highest BCUT2D eigenvalue weighted by molar-refractivity contribution is 6.04. The third-order valence-electron chi connectivity index (χ3n) is 4.20. The lowest BCUT2D eigenvalue weighted by molar-refractivity contribution is 0.102. The molecule has 0 saturated heterocycles. The highest BCUT2D eigenvalue weighted by atomic mass is 16.3. The van der Waals surface area contributed by atoms with Gasteiger partial charge in [-0.1, -0.05) is 27.7 Å². The quantitative estimate of drug-likeness (QED) is 0.423. The average Bonchev–Trinajstić information content (AvgIpc) is 3.26. The van der Waals surface area contributed by atoms with E-state index in [1.165, 1.54) is 0 Å². The smallest absolute Gasteiger partial charge is 0.255 e. The van der Waals surface area contributed by atoms with E-state index in [0.717, 1.165) is 11.3 Å². The van der Waals surface area contributed by atoms with Crippen LogP contribution in [0, 0.1) is 0 Å². The topological polar surface area (TPSA) is 71.3 Å². The Morgan fingerprint density at radius 3 is 2.13 bits per heavy atom. The van der Waals surface area contributed by atoms with Crippen molar-refractivity contribution in [1.82, 2.24) is 9.97 Å². The molecule has 1 N–H and O–H groups in total. The van der Waals surface area contributed by atoms with Crippen molar-refractivity contribution in [3.05, 3.63) is 72.4 Å². The number of fused-ring (bicyclic) bond motifs is 1. The van der Waals surface area contributed by atoms with Crippen LogP contribution in [0.2, 0.25) is 0 Å². The lowest BCUT2D eigenvalue weighted by Crippen LogP contribution is -2.13. The zero-order valence-corrected chi connectivity index (χ0v) is 19.0. The molecule has 4 rings (SSSR count). The van der Waals surface area contributed by atoms with Crippen LogP contribution in [0.25, 0.3) is 22.7 Å². The molecule has 2 heterocycles. The van der Waals surface area contributed by atoms with Crippen molar-refractivity contribution in [3.63, 3.8) is 0 Å². The van der Waals surface area contributed by atoms with Crippen LogP contribution >= 0.6 is 0 Å². The monoisotopic (exact) mass is 418 g/mol. The number of aromatic nitrogens is 2. The van der Waals surface area contributed by atoms with Gasteiger partial charge in [0.15, 0.2) is 11.2 Å². The van der Waals surface area contributed by atoms with Crippen LogP contribution < -0.4 is 10.2 Å². The molecule has 0 atom stereocenters. The summed E-state index contributed by atoms with van der Waals surface area (Å²) >= 11 is 0. The number of nitrogens with one attached hydrogen (secondary N) is 1. The van der Waals surface area contributed by atoms with Crippen molar-refractivity contribution in [1.29, 1.82) is 0 Å². The normalized spacial score (nSPS) is 9.74. The number of benzene rings is 2. The molecule has 0 unspecified atom stereocenters. The summed E-state index contributed by atoms with van der Waals surface area (Å²) in [6.45, 7) is 8.00. The first-order valence-corrected chi connectivity index (χ1v) is 10.5. The van der Waals surface area contributed by atoms with Gasteiger partial charge in [0, 0.05) is 42.8 Å². The Hall–Kier alpha value is -3.67. The van der Waals surface area contributed by atoms with Gasteiger partial charge in [-0.15, -0.1) is 0 Å². The maximum absolute atomic E-state index is 12.4. The Labute approximate surface area is 183 Å². The number of hydrogen-bond acceptors (Lipinski definition) is 5. The van der Waals surface area contributed by atoms with Crippen LogP contribution in [-0.4, -0.2) is 30.0 Å². The number of pyridine rings is 1. The minimum absolute atomic E-state index is 0.154. The first-order chi connectivity index (χ1) is 15.1. The summed E-state index contributed by atoms with van der Waals surface area (Å²) in [6.07, 6.45) is 1.68. The molecule has 162 valence electrons. The van der Waals surface area contributed by atoms with Crippen LogP contribution in [0.3, 0.4) is 0 Å². The van der Waals surface area contributed by atoms with Crippen molar-refractivity contribution in [3.8, 4) is 11.5 Å². The number of amides is 1. The van der Waals surface area contributed by atoms with E-state index in [1.54, 1.807) is 12.3 Å². The predicted octanol–water partition coefficient (Wildman–Crippen LogP) is 6.26. The molecule has 0 spiro atoms. The van der Waals surface area contributed by atoms with E-state index in [4.69, 9.17) is 4.42 Å². The van der Waals surface area contributed by atoms with Gasteiger partial charge in [-0.2, -0.15) is 4.98 Å². The summed E-state index contributed by atoms with van der Waals surface area (Å²) in [4.78, 5) is 22.9. The minimum atomic E-state index is -0.154. The highest BCUT2D eigenvalue weighted by Gasteiger charge is 2.10. The Morgan fingerprint density at radius 1 is 0.903 bits per heavy atom. The van der Waals surface area contributed by atoms with Crippen LogP contribution in [0.4, 0.5) is 11.4 Å². The second kappa shape index (κ2) is 11.5. The molecule has 0 saturated carbocycles. The van der Waals surface area contributed by atoms with E-state index >= 15 is 0 Å². The zero-order chi connectivity index (χ0) is 22.8. The van der Waals surface area contributed by atoms with Crippen LogP contribution in [-0.2, 0) is 0 Å². The summed E-state index contributed by atoms with van der Waals surface area (Å²) in [5.74, 6) is 0.347. The fourth-order valence-corrected chi connectivity index (χ4v) is 2.70. The lowest BCUT2D eigenvalue weighted by Gasteiger charge is -2.12. The standard InChI is InChI=1S/C21H18N4O2.2C2H6/c1-25(2)17-11-7-14(8-12-17)20(26)23-16-9-5-15(6-10-16)21-24-19-18(27-21)4-3-13-22-19;2*1-2/h3-13H,1-2H3,(H,23,26);2*1-2H3. The molecular formula is C25H30N4O2. The molecule has 0 aliphatic carbocycles. The van der Waals surface area contributed by atoms with E-state index in [-0.39, 0.29) is 5.91 Å². The van der Waals surface area contributed by atoms with Crippen LogP contribution in [0.5, 0.6) is 0 Å². The minimum Gasteiger partial charge on any atom is -0.434 e. The van der Waals surface area contributed by atoms with E-state index in [1.807, 2.05) is 101 Å². The van der Waals surface area contributed by atoms with Gasteiger partial charge in [-0.25, -0.2) is 4.98 Å². The number of carbonyl (C=O) groups is 1. The molecule has 6 heteroatoms. The molecule has 0 aliphatic heterocycles. The first kappa shape index (κ1) is 23.6. The van der Waals surface area contributed by atoms with E-state index in [9.17, 15) is 4.79 Å². The SMILES string of the molecule is CC.CC.CN(C)c1ccc(C(=O)Nc2ccc(-c3nc4ncccc4o3)cc2)cc1. The lowest BCUT2D eigenvalue weighted by atomic mass is 10.1. The van der Waals surface area contributed by atoms with Gasteiger partial charge in [0.2, 0.25) is 5.89 Å². The predicted molar refractivity (Wildman–Crippen MR) is 129 cm³/mol. The van der Waals surface area contributed by atoms with E-state index in [0.29, 0.717) is 28.4 Å². The fraction of sp³-hybridized carbons (Fsp3) is 0.240. The molecule has 2 aromatic carbocycles. The summed E-state index contributed by atoms with van der Waals surface area (Å²) in [5.41, 5.74) is 4.39. The summed E-state index contributed by atoms with van der Waals surface area (Å²) in [7, 11) is 3.92. The molecule has 0 aliphatic rings. The average molecular weight is 419 g/mol.